The third kappa shape index (κ3) is 2.31. The first-order chi connectivity index (χ1) is 9.72. The van der Waals surface area contributed by atoms with Crippen molar-refractivity contribution in [3.05, 3.63) is 34.6 Å². The Morgan fingerprint density at radius 1 is 1.15 bits per heavy atom. The maximum absolute atomic E-state index is 6.26. The Kier molecular flexibility index (Phi) is 3.72. The number of thioether (sulfide) groups is 1. The molecule has 0 N–H and O–H groups in total. The van der Waals surface area contributed by atoms with Crippen LogP contribution in [0, 0.1) is 0 Å². The lowest BCUT2D eigenvalue weighted by atomic mass is 10.1. The molecule has 1 aromatic carbocycles. The number of ether oxygens (including phenoxy) is 2. The van der Waals surface area contributed by atoms with Crippen LogP contribution >= 0.6 is 23.4 Å². The second-order valence-electron chi connectivity index (χ2n) is 4.32. The van der Waals surface area contributed by atoms with Crippen LogP contribution in [0.15, 0.2) is 18.2 Å². The molecule has 2 heterocycles. The molecule has 1 aliphatic rings. The van der Waals surface area contributed by atoms with Crippen LogP contribution in [-0.4, -0.2) is 24.2 Å². The van der Waals surface area contributed by atoms with Crippen LogP contribution in [0.5, 0.6) is 11.5 Å². The second kappa shape index (κ2) is 5.50. The first-order valence-corrected chi connectivity index (χ1v) is 7.61. The van der Waals surface area contributed by atoms with E-state index >= 15 is 0 Å². The fraction of sp³-hybridized carbons (Fsp3) is 0.286. The minimum absolute atomic E-state index is 0.528. The Hall–Kier alpha value is -1.46. The summed E-state index contributed by atoms with van der Waals surface area (Å²) >= 11 is 8.05. The van der Waals surface area contributed by atoms with Crippen molar-refractivity contribution >= 4 is 23.4 Å². The molecule has 3 rings (SSSR count). The molecule has 20 heavy (non-hydrogen) atoms. The maximum atomic E-state index is 6.26. The van der Waals surface area contributed by atoms with Gasteiger partial charge in [-0.3, -0.25) is 0 Å². The van der Waals surface area contributed by atoms with Gasteiger partial charge in [0.15, 0.2) is 5.82 Å². The standard InChI is InChI=1S/C14H13ClN2O2S/c1-18-8-3-4-12(19-2)9(5-8)14-16-11-7-20-6-10(11)13(15)17-14/h3-5H,6-7H2,1-2H3. The first-order valence-electron chi connectivity index (χ1n) is 6.08. The Balaban J connectivity index is 2.15. The highest BCUT2D eigenvalue weighted by molar-refractivity contribution is 7.98. The zero-order valence-corrected chi connectivity index (χ0v) is 12.7. The van der Waals surface area contributed by atoms with Gasteiger partial charge in [-0.25, -0.2) is 9.97 Å². The van der Waals surface area contributed by atoms with Crippen molar-refractivity contribution in [1.29, 1.82) is 0 Å². The number of nitrogens with zero attached hydrogens (tertiary/aromatic N) is 2. The number of fused-ring (bicyclic) bond motifs is 1. The molecule has 0 amide bonds. The van der Waals surface area contributed by atoms with Gasteiger partial charge in [-0.1, -0.05) is 11.6 Å². The van der Waals surface area contributed by atoms with Crippen molar-refractivity contribution in [3.8, 4) is 22.9 Å². The van der Waals surface area contributed by atoms with Gasteiger partial charge in [-0.2, -0.15) is 11.8 Å². The third-order valence-corrected chi connectivity index (χ3v) is 4.46. The summed E-state index contributed by atoms with van der Waals surface area (Å²) in [6, 6.07) is 5.54. The second-order valence-corrected chi connectivity index (χ2v) is 5.67. The molecule has 4 nitrogen and oxygen atoms in total. The predicted octanol–water partition coefficient (Wildman–Crippen LogP) is 3.56. The number of hydrogen-bond acceptors (Lipinski definition) is 5. The fourth-order valence-electron chi connectivity index (χ4n) is 2.12. The minimum atomic E-state index is 0.528. The van der Waals surface area contributed by atoms with Crippen LogP contribution in [0.4, 0.5) is 0 Å². The SMILES string of the molecule is COc1ccc(OC)c(-c2nc(Cl)c3c(n2)CSC3)c1. The van der Waals surface area contributed by atoms with Gasteiger partial charge in [0.05, 0.1) is 25.5 Å². The minimum Gasteiger partial charge on any atom is -0.497 e. The Morgan fingerprint density at radius 2 is 2.00 bits per heavy atom. The average molecular weight is 309 g/mol. The van der Waals surface area contributed by atoms with Crippen molar-refractivity contribution in [2.75, 3.05) is 14.2 Å². The number of halogens is 1. The van der Waals surface area contributed by atoms with Crippen molar-refractivity contribution in [1.82, 2.24) is 9.97 Å². The highest BCUT2D eigenvalue weighted by Gasteiger charge is 2.20. The number of benzene rings is 1. The quantitative estimate of drug-likeness (QED) is 0.811. The molecule has 0 radical (unpaired) electrons. The molecule has 0 aliphatic carbocycles. The lowest BCUT2D eigenvalue weighted by Crippen LogP contribution is -1.99. The zero-order valence-electron chi connectivity index (χ0n) is 11.1. The van der Waals surface area contributed by atoms with E-state index in [4.69, 9.17) is 21.1 Å². The monoisotopic (exact) mass is 308 g/mol. The smallest absolute Gasteiger partial charge is 0.165 e. The Bertz CT molecular complexity index is 664. The molecule has 104 valence electrons. The van der Waals surface area contributed by atoms with E-state index in [1.165, 1.54) is 0 Å². The number of hydrogen-bond donors (Lipinski definition) is 0. The van der Waals surface area contributed by atoms with E-state index in [1.807, 2.05) is 18.2 Å². The van der Waals surface area contributed by atoms with E-state index in [-0.39, 0.29) is 0 Å². The number of methoxy groups -OCH3 is 2. The van der Waals surface area contributed by atoms with Crippen LogP contribution < -0.4 is 9.47 Å². The summed E-state index contributed by atoms with van der Waals surface area (Å²) in [5.74, 6) is 3.76. The highest BCUT2D eigenvalue weighted by atomic mass is 35.5. The van der Waals surface area contributed by atoms with Crippen molar-refractivity contribution in [2.24, 2.45) is 0 Å². The summed E-state index contributed by atoms with van der Waals surface area (Å²) < 4.78 is 10.6. The number of rotatable bonds is 3. The van der Waals surface area contributed by atoms with Crippen LogP contribution in [0.1, 0.15) is 11.3 Å². The average Bonchev–Trinajstić information content (AvgIpc) is 2.95. The summed E-state index contributed by atoms with van der Waals surface area (Å²) in [4.78, 5) is 9.02. The molecule has 0 atom stereocenters. The molecule has 6 heteroatoms. The summed E-state index contributed by atoms with van der Waals surface area (Å²) in [6.45, 7) is 0. The molecule has 0 bridgehead atoms. The predicted molar refractivity (Wildman–Crippen MR) is 80.6 cm³/mol. The van der Waals surface area contributed by atoms with Gasteiger partial charge in [0.2, 0.25) is 0 Å². The van der Waals surface area contributed by atoms with Gasteiger partial charge in [0.25, 0.3) is 0 Å². The topological polar surface area (TPSA) is 44.2 Å². The third-order valence-electron chi connectivity index (χ3n) is 3.18. The van der Waals surface area contributed by atoms with Gasteiger partial charge in [-0.15, -0.1) is 0 Å². The maximum Gasteiger partial charge on any atom is 0.165 e. The summed E-state index contributed by atoms with van der Waals surface area (Å²) in [7, 11) is 3.24. The van der Waals surface area contributed by atoms with E-state index in [1.54, 1.807) is 26.0 Å². The van der Waals surface area contributed by atoms with Crippen LogP contribution in [0.2, 0.25) is 5.15 Å². The van der Waals surface area contributed by atoms with Gasteiger partial charge >= 0.3 is 0 Å². The molecule has 0 saturated carbocycles. The molecule has 2 aromatic rings. The van der Waals surface area contributed by atoms with E-state index in [9.17, 15) is 0 Å². The zero-order chi connectivity index (χ0) is 14.1. The molecule has 0 unspecified atom stereocenters. The molecule has 1 aromatic heterocycles. The lowest BCUT2D eigenvalue weighted by molar-refractivity contribution is 0.404. The summed E-state index contributed by atoms with van der Waals surface area (Å²) in [5, 5.41) is 0.528. The molecular formula is C14H13ClN2O2S. The van der Waals surface area contributed by atoms with Gasteiger partial charge < -0.3 is 9.47 Å². The normalized spacial score (nSPS) is 13.2. The van der Waals surface area contributed by atoms with Crippen molar-refractivity contribution in [2.45, 2.75) is 11.5 Å². The summed E-state index contributed by atoms with van der Waals surface area (Å²) in [6.07, 6.45) is 0. The lowest BCUT2D eigenvalue weighted by Gasteiger charge is -2.11. The van der Waals surface area contributed by atoms with Crippen LogP contribution in [0.3, 0.4) is 0 Å². The van der Waals surface area contributed by atoms with Crippen molar-refractivity contribution < 1.29 is 9.47 Å². The highest BCUT2D eigenvalue weighted by Crippen LogP contribution is 2.37. The van der Waals surface area contributed by atoms with Crippen LogP contribution in [0.25, 0.3) is 11.4 Å². The van der Waals surface area contributed by atoms with Gasteiger partial charge in [0.1, 0.15) is 16.7 Å². The van der Waals surface area contributed by atoms with E-state index < -0.39 is 0 Å². The van der Waals surface area contributed by atoms with E-state index in [0.29, 0.717) is 16.7 Å². The Morgan fingerprint density at radius 3 is 2.75 bits per heavy atom. The van der Waals surface area contributed by atoms with Crippen molar-refractivity contribution in [3.63, 3.8) is 0 Å². The molecule has 0 fully saturated rings. The summed E-state index contributed by atoms with van der Waals surface area (Å²) in [5.41, 5.74) is 2.84. The number of aromatic nitrogens is 2. The van der Waals surface area contributed by atoms with Gasteiger partial charge in [0, 0.05) is 17.1 Å². The molecular weight excluding hydrogens is 296 g/mol. The largest absolute Gasteiger partial charge is 0.497 e. The fourth-order valence-corrected chi connectivity index (χ4v) is 3.50. The molecule has 1 aliphatic heterocycles. The molecule has 0 spiro atoms. The van der Waals surface area contributed by atoms with Crippen LogP contribution in [-0.2, 0) is 11.5 Å². The van der Waals surface area contributed by atoms with Gasteiger partial charge in [-0.05, 0) is 18.2 Å². The first kappa shape index (κ1) is 13.5. The Labute approximate surface area is 126 Å². The molecule has 0 saturated heterocycles. The van der Waals surface area contributed by atoms with E-state index in [0.717, 1.165) is 34.1 Å². The van der Waals surface area contributed by atoms with E-state index in [2.05, 4.69) is 9.97 Å².